The molecule has 1 aliphatic rings. The van der Waals surface area contributed by atoms with E-state index in [1.165, 1.54) is 46.6 Å². The summed E-state index contributed by atoms with van der Waals surface area (Å²) in [7, 11) is 0. The summed E-state index contributed by atoms with van der Waals surface area (Å²) in [5.74, 6) is -1.13. The first kappa shape index (κ1) is 17.9. The maximum atomic E-state index is 12.7. The maximum absolute atomic E-state index is 12.7. The number of nitro groups is 1. The minimum Gasteiger partial charge on any atom is -0.365 e. The Morgan fingerprint density at radius 2 is 2.14 bits per heavy atom. The molecule has 142 valence electrons. The van der Waals surface area contributed by atoms with Crippen LogP contribution in [0.4, 0.5) is 10.7 Å². The fourth-order valence-electron chi connectivity index (χ4n) is 3.36. The molecule has 2 amide bonds. The molecule has 3 N–H and O–H groups in total. The van der Waals surface area contributed by atoms with E-state index in [0.29, 0.717) is 16.3 Å². The summed E-state index contributed by atoms with van der Waals surface area (Å²) in [6, 6.07) is 4.18. The molecule has 3 aromatic rings. The molecule has 0 atom stereocenters. The van der Waals surface area contributed by atoms with Crippen molar-refractivity contribution in [3.63, 3.8) is 0 Å². The predicted molar refractivity (Wildman–Crippen MR) is 103 cm³/mol. The number of primary amides is 1. The predicted octanol–water partition coefficient (Wildman–Crippen LogP) is 2.68. The fraction of sp³-hybridized carbons (Fsp3) is 0.167. The van der Waals surface area contributed by atoms with E-state index in [2.05, 4.69) is 10.3 Å². The lowest BCUT2D eigenvalue weighted by atomic mass is 10.1. The molecule has 10 heteroatoms. The number of rotatable bonds is 5. The first-order chi connectivity index (χ1) is 13.5. The number of amides is 2. The van der Waals surface area contributed by atoms with Crippen molar-refractivity contribution < 1.29 is 14.5 Å². The number of anilines is 1. The Morgan fingerprint density at radius 1 is 1.32 bits per heavy atom. The lowest BCUT2D eigenvalue weighted by Crippen LogP contribution is -2.18. The lowest BCUT2D eigenvalue weighted by Gasteiger charge is -2.08. The Labute approximate surface area is 163 Å². The van der Waals surface area contributed by atoms with Gasteiger partial charge in [0.05, 0.1) is 16.8 Å². The van der Waals surface area contributed by atoms with Crippen molar-refractivity contribution in [3.8, 4) is 5.69 Å². The minimum atomic E-state index is -0.587. The number of imidazole rings is 1. The molecule has 4 rings (SSSR count). The van der Waals surface area contributed by atoms with Crippen molar-refractivity contribution in [1.82, 2.24) is 9.55 Å². The number of nitro benzene ring substituents is 1. The highest BCUT2D eigenvalue weighted by Gasteiger charge is 2.27. The van der Waals surface area contributed by atoms with Crippen LogP contribution in [0.2, 0.25) is 0 Å². The van der Waals surface area contributed by atoms with Crippen molar-refractivity contribution >= 4 is 33.8 Å². The van der Waals surface area contributed by atoms with Crippen molar-refractivity contribution in [3.05, 3.63) is 68.6 Å². The van der Waals surface area contributed by atoms with E-state index in [4.69, 9.17) is 5.73 Å². The Balaban J connectivity index is 1.67. The summed E-state index contributed by atoms with van der Waals surface area (Å²) in [6.45, 7) is 0. The van der Waals surface area contributed by atoms with Crippen LogP contribution in [0.15, 0.2) is 36.9 Å². The quantitative estimate of drug-likeness (QED) is 0.504. The standard InChI is InChI=1S/C18H15N5O4S/c19-16(24)15-11-2-1-3-14(11)28-18(15)21-17(25)10-4-5-12(13(8-10)23(26)27)22-7-6-20-9-22/h4-9H,1-3H2,(H2,19,24)(H,21,25). The molecule has 0 radical (unpaired) electrons. The van der Waals surface area contributed by atoms with E-state index in [-0.39, 0.29) is 11.3 Å². The third-order valence-corrected chi connectivity index (χ3v) is 5.82. The van der Waals surface area contributed by atoms with Gasteiger partial charge in [-0.3, -0.25) is 19.7 Å². The van der Waals surface area contributed by atoms with Gasteiger partial charge in [-0.15, -0.1) is 11.3 Å². The van der Waals surface area contributed by atoms with Crippen LogP contribution < -0.4 is 11.1 Å². The fourth-order valence-corrected chi connectivity index (χ4v) is 4.65. The number of aromatic nitrogens is 2. The SMILES string of the molecule is NC(=O)c1c(NC(=O)c2ccc(-n3ccnc3)c([N+](=O)[O-])c2)sc2c1CCC2. The minimum absolute atomic E-state index is 0.111. The molecular weight excluding hydrogens is 382 g/mol. The molecule has 1 aliphatic carbocycles. The summed E-state index contributed by atoms with van der Waals surface area (Å²) >= 11 is 1.33. The lowest BCUT2D eigenvalue weighted by molar-refractivity contribution is -0.384. The van der Waals surface area contributed by atoms with Gasteiger partial charge in [0.25, 0.3) is 17.5 Å². The van der Waals surface area contributed by atoms with Gasteiger partial charge in [-0.25, -0.2) is 4.98 Å². The molecular formula is C18H15N5O4S. The zero-order valence-corrected chi connectivity index (χ0v) is 15.4. The number of nitrogens with one attached hydrogen (secondary N) is 1. The van der Waals surface area contributed by atoms with Gasteiger partial charge in [0.15, 0.2) is 0 Å². The normalized spacial score (nSPS) is 12.6. The smallest absolute Gasteiger partial charge is 0.294 e. The van der Waals surface area contributed by atoms with Gasteiger partial charge < -0.3 is 15.6 Å². The first-order valence-corrected chi connectivity index (χ1v) is 9.30. The number of nitrogens with zero attached hydrogens (tertiary/aromatic N) is 3. The molecule has 0 unspecified atom stereocenters. The van der Waals surface area contributed by atoms with Crippen LogP contribution >= 0.6 is 11.3 Å². The molecule has 0 fully saturated rings. The molecule has 0 spiro atoms. The summed E-state index contributed by atoms with van der Waals surface area (Å²) in [5, 5.41) is 14.6. The van der Waals surface area contributed by atoms with Gasteiger partial charge >= 0.3 is 0 Å². The second-order valence-electron chi connectivity index (χ2n) is 6.31. The number of hydrogen-bond acceptors (Lipinski definition) is 6. The van der Waals surface area contributed by atoms with E-state index in [0.717, 1.165) is 29.7 Å². The number of nitrogens with two attached hydrogens (primary N) is 1. The van der Waals surface area contributed by atoms with Crippen molar-refractivity contribution in [2.24, 2.45) is 5.73 Å². The Morgan fingerprint density at radius 3 is 2.82 bits per heavy atom. The van der Waals surface area contributed by atoms with Crippen molar-refractivity contribution in [2.45, 2.75) is 19.3 Å². The van der Waals surface area contributed by atoms with E-state index in [9.17, 15) is 19.7 Å². The average Bonchev–Trinajstić information content (AvgIpc) is 3.38. The zero-order chi connectivity index (χ0) is 19.8. The number of benzene rings is 1. The van der Waals surface area contributed by atoms with Crippen molar-refractivity contribution in [2.75, 3.05) is 5.32 Å². The van der Waals surface area contributed by atoms with Crippen LogP contribution in [0.5, 0.6) is 0 Å². The summed E-state index contributed by atoms with van der Waals surface area (Å²) < 4.78 is 1.49. The van der Waals surface area contributed by atoms with Crippen LogP contribution in [0.1, 0.15) is 37.6 Å². The van der Waals surface area contributed by atoms with Gasteiger partial charge in [-0.2, -0.15) is 0 Å². The summed E-state index contributed by atoms with van der Waals surface area (Å²) in [5.41, 5.74) is 6.92. The number of hydrogen-bond donors (Lipinski definition) is 2. The summed E-state index contributed by atoms with van der Waals surface area (Å²) in [4.78, 5) is 40.4. The van der Waals surface area contributed by atoms with Gasteiger partial charge in [0.2, 0.25) is 0 Å². The zero-order valence-electron chi connectivity index (χ0n) is 14.5. The number of aryl methyl sites for hydroxylation is 1. The molecule has 0 saturated heterocycles. The molecule has 9 nitrogen and oxygen atoms in total. The van der Waals surface area contributed by atoms with E-state index in [1.54, 1.807) is 6.20 Å². The number of thiophene rings is 1. The highest BCUT2D eigenvalue weighted by molar-refractivity contribution is 7.17. The number of carbonyl (C=O) groups is 2. The molecule has 2 heterocycles. The molecule has 0 aliphatic heterocycles. The Hall–Kier alpha value is -3.53. The third kappa shape index (κ3) is 3.03. The second kappa shape index (κ2) is 6.89. The molecule has 1 aromatic carbocycles. The van der Waals surface area contributed by atoms with Crippen LogP contribution in [0, 0.1) is 10.1 Å². The van der Waals surface area contributed by atoms with Gasteiger partial charge in [0, 0.05) is 28.9 Å². The highest BCUT2D eigenvalue weighted by Crippen LogP contribution is 2.39. The maximum Gasteiger partial charge on any atom is 0.294 e. The Bertz CT molecular complexity index is 1100. The third-order valence-electron chi connectivity index (χ3n) is 4.61. The van der Waals surface area contributed by atoms with E-state index in [1.807, 2.05) is 0 Å². The van der Waals surface area contributed by atoms with Crippen LogP contribution in [0.25, 0.3) is 5.69 Å². The Kier molecular flexibility index (Phi) is 4.40. The van der Waals surface area contributed by atoms with Crippen LogP contribution in [-0.2, 0) is 12.8 Å². The van der Waals surface area contributed by atoms with E-state index < -0.39 is 16.7 Å². The van der Waals surface area contributed by atoms with Gasteiger partial charge in [-0.1, -0.05) is 0 Å². The number of fused-ring (bicyclic) bond motifs is 1. The average molecular weight is 397 g/mol. The van der Waals surface area contributed by atoms with Crippen LogP contribution in [-0.4, -0.2) is 26.3 Å². The monoisotopic (exact) mass is 397 g/mol. The van der Waals surface area contributed by atoms with Gasteiger partial charge in [0.1, 0.15) is 10.7 Å². The summed E-state index contributed by atoms with van der Waals surface area (Å²) in [6.07, 6.45) is 7.08. The van der Waals surface area contributed by atoms with Gasteiger partial charge in [-0.05, 0) is 37.0 Å². The molecule has 28 heavy (non-hydrogen) atoms. The topological polar surface area (TPSA) is 133 Å². The second-order valence-corrected chi connectivity index (χ2v) is 7.42. The molecule has 0 bridgehead atoms. The first-order valence-electron chi connectivity index (χ1n) is 8.48. The molecule has 2 aromatic heterocycles. The highest BCUT2D eigenvalue weighted by atomic mass is 32.1. The number of carbonyl (C=O) groups excluding carboxylic acids is 2. The molecule has 0 saturated carbocycles. The van der Waals surface area contributed by atoms with Crippen LogP contribution in [0.3, 0.4) is 0 Å². The van der Waals surface area contributed by atoms with E-state index >= 15 is 0 Å². The van der Waals surface area contributed by atoms with Crippen molar-refractivity contribution in [1.29, 1.82) is 0 Å². The largest absolute Gasteiger partial charge is 0.365 e.